The summed E-state index contributed by atoms with van der Waals surface area (Å²) in [5.74, 6) is 0.686. The SMILES string of the molecule is CC[C@H](CO)[C@H](CNc1ncncc1C(=O)c1cc(CCl)c(C)s1)OSP(I)I. The molecule has 0 aromatic carbocycles. The number of rotatable bonds is 12. The number of ketones is 1. The van der Waals surface area contributed by atoms with Crippen molar-refractivity contribution >= 4 is 92.7 Å². The van der Waals surface area contributed by atoms with Crippen LogP contribution in [0.5, 0.6) is 0 Å². The number of thiophene rings is 1. The smallest absolute Gasteiger partial charge is 0.208 e. The Kier molecular flexibility index (Phi) is 11.9. The summed E-state index contributed by atoms with van der Waals surface area (Å²) >= 11 is 13.4. The average Bonchev–Trinajstić information content (AvgIpc) is 3.10. The molecule has 0 saturated heterocycles. The quantitative estimate of drug-likeness (QED) is 0.0876. The van der Waals surface area contributed by atoms with E-state index in [1.165, 1.54) is 35.5 Å². The minimum Gasteiger partial charge on any atom is -0.396 e. The minimum atomic E-state index is -0.346. The van der Waals surface area contributed by atoms with Crippen LogP contribution < -0.4 is 5.32 Å². The molecular weight excluding hydrogens is 679 g/mol. The number of carbonyl (C=O) groups is 1. The number of nitrogens with zero attached hydrogens (tertiary/aromatic N) is 2. The molecule has 0 unspecified atom stereocenters. The van der Waals surface area contributed by atoms with Gasteiger partial charge in [-0.2, -0.15) is 0 Å². The molecule has 0 fully saturated rings. The number of anilines is 1. The van der Waals surface area contributed by atoms with Crippen molar-refractivity contribution in [3.05, 3.63) is 39.5 Å². The van der Waals surface area contributed by atoms with Gasteiger partial charge in [-0.1, -0.05) is 6.92 Å². The van der Waals surface area contributed by atoms with Crippen LogP contribution in [0.2, 0.25) is 0 Å². The predicted molar refractivity (Wildman–Crippen MR) is 141 cm³/mol. The van der Waals surface area contributed by atoms with Gasteiger partial charge in [0.05, 0.1) is 16.5 Å². The van der Waals surface area contributed by atoms with Crippen molar-refractivity contribution in [1.82, 2.24) is 9.97 Å². The molecule has 0 amide bonds. The Morgan fingerprint density at radius 3 is 2.86 bits per heavy atom. The normalized spacial score (nSPS) is 13.5. The largest absolute Gasteiger partial charge is 0.396 e. The number of hydrogen-bond acceptors (Lipinski definition) is 8. The highest BCUT2D eigenvalue weighted by atomic mass is 127. The van der Waals surface area contributed by atoms with E-state index in [0.29, 0.717) is 28.7 Å². The van der Waals surface area contributed by atoms with Gasteiger partial charge < -0.3 is 14.6 Å². The highest BCUT2D eigenvalue weighted by Crippen LogP contribution is 2.65. The van der Waals surface area contributed by atoms with Crippen molar-refractivity contribution in [2.24, 2.45) is 5.92 Å². The number of hydrogen-bond donors (Lipinski definition) is 2. The number of alkyl halides is 1. The zero-order valence-electron chi connectivity index (χ0n) is 15.8. The lowest BCUT2D eigenvalue weighted by Crippen LogP contribution is -2.32. The molecule has 2 heterocycles. The summed E-state index contributed by atoms with van der Waals surface area (Å²) in [5, 5.41) is 12.9. The molecule has 6 nitrogen and oxygen atoms in total. The van der Waals surface area contributed by atoms with Gasteiger partial charge in [-0.05, 0) is 69.1 Å². The number of carbonyl (C=O) groups excluding carboxylic acids is 1. The number of aliphatic hydroxyl groups is 1. The molecule has 2 aromatic rings. The topological polar surface area (TPSA) is 84.3 Å². The fourth-order valence-corrected chi connectivity index (χ4v) is 6.56. The van der Waals surface area contributed by atoms with Crippen LogP contribution in [0.3, 0.4) is 0 Å². The highest BCUT2D eigenvalue weighted by Gasteiger charge is 2.24. The summed E-state index contributed by atoms with van der Waals surface area (Å²) in [6.07, 6.45) is 3.51. The van der Waals surface area contributed by atoms with Crippen molar-refractivity contribution in [3.63, 3.8) is 0 Å². The van der Waals surface area contributed by atoms with Crippen LogP contribution in [0, 0.1) is 12.8 Å². The molecule has 0 saturated carbocycles. The van der Waals surface area contributed by atoms with Gasteiger partial charge in [-0.3, -0.25) is 4.79 Å². The van der Waals surface area contributed by atoms with Gasteiger partial charge in [-0.25, -0.2) is 9.97 Å². The predicted octanol–water partition coefficient (Wildman–Crippen LogP) is 6.38. The highest BCUT2D eigenvalue weighted by molar-refractivity contribution is 14.3. The van der Waals surface area contributed by atoms with Crippen LogP contribution in [0.15, 0.2) is 18.6 Å². The summed E-state index contributed by atoms with van der Waals surface area (Å²) < 4.78 is 5.61. The molecule has 0 bridgehead atoms. The molecule has 0 aliphatic carbocycles. The molecule has 0 aliphatic rings. The first-order valence-electron chi connectivity index (χ1n) is 8.71. The Morgan fingerprint density at radius 1 is 1.52 bits per heavy atom. The summed E-state index contributed by atoms with van der Waals surface area (Å²) in [6.45, 7) is 4.44. The average molecular weight is 700 g/mol. The van der Waals surface area contributed by atoms with Crippen molar-refractivity contribution in [1.29, 1.82) is 0 Å². The maximum absolute atomic E-state index is 13.0. The van der Waals surface area contributed by atoms with E-state index in [1.54, 1.807) is 0 Å². The van der Waals surface area contributed by atoms with Crippen LogP contribution in [-0.4, -0.2) is 40.1 Å². The summed E-state index contributed by atoms with van der Waals surface area (Å²) in [6, 6.07) is 1.83. The fourth-order valence-electron chi connectivity index (χ4n) is 2.61. The molecule has 12 heteroatoms. The van der Waals surface area contributed by atoms with E-state index >= 15 is 0 Å². The van der Waals surface area contributed by atoms with Gasteiger partial charge in [0.2, 0.25) is 5.78 Å². The summed E-state index contributed by atoms with van der Waals surface area (Å²) in [7, 11) is 0. The third kappa shape index (κ3) is 7.65. The van der Waals surface area contributed by atoms with E-state index in [2.05, 4.69) is 59.4 Å². The second kappa shape index (κ2) is 13.3. The first-order valence-corrected chi connectivity index (χ1v) is 18.3. The van der Waals surface area contributed by atoms with Gasteiger partial charge in [0, 0.05) is 47.7 Å². The Morgan fingerprint density at radius 2 is 2.28 bits per heavy atom. The molecule has 2 rings (SSSR count). The molecule has 2 N–H and O–H groups in total. The third-order valence-electron chi connectivity index (χ3n) is 4.32. The van der Waals surface area contributed by atoms with E-state index in [1.807, 2.05) is 19.9 Å². The zero-order valence-corrected chi connectivity index (χ0v) is 23.4. The molecular formula is C17H21ClI2N3O3PS2. The minimum absolute atomic E-state index is 0.00929. The van der Waals surface area contributed by atoms with Crippen molar-refractivity contribution in [2.75, 3.05) is 18.5 Å². The Balaban J connectivity index is 2.18. The number of aromatic nitrogens is 2. The van der Waals surface area contributed by atoms with Crippen LogP contribution >= 0.6 is 81.1 Å². The maximum atomic E-state index is 13.0. The van der Waals surface area contributed by atoms with E-state index < -0.39 is 0 Å². The van der Waals surface area contributed by atoms with Crippen molar-refractivity contribution in [2.45, 2.75) is 32.3 Å². The third-order valence-corrected chi connectivity index (χ3v) is 9.64. The molecule has 2 atom stereocenters. The van der Waals surface area contributed by atoms with Crippen LogP contribution in [0.4, 0.5) is 5.82 Å². The monoisotopic (exact) mass is 699 g/mol. The van der Waals surface area contributed by atoms with Crippen molar-refractivity contribution < 1.29 is 14.1 Å². The molecule has 0 spiro atoms. The zero-order chi connectivity index (χ0) is 21.4. The van der Waals surface area contributed by atoms with E-state index in [-0.39, 0.29) is 26.8 Å². The number of halogens is 3. The summed E-state index contributed by atoms with van der Waals surface area (Å²) in [5.41, 5.74) is 1.36. The Bertz CT molecular complexity index is 812. The van der Waals surface area contributed by atoms with E-state index in [9.17, 15) is 9.90 Å². The lowest BCUT2D eigenvalue weighted by Gasteiger charge is -2.25. The van der Waals surface area contributed by atoms with Gasteiger partial charge in [0.15, 0.2) is 0 Å². The fraction of sp³-hybridized carbons (Fsp3) is 0.471. The second-order valence-corrected chi connectivity index (χ2v) is 25.2. The van der Waals surface area contributed by atoms with Gasteiger partial charge in [0.25, 0.3) is 0 Å². The first kappa shape index (κ1) is 26.0. The molecule has 160 valence electrons. The standard InChI is InChI=1S/C17H21ClI2N3O3PS2/c1-3-11(8-24)14(26-29-27(19)20)7-22-17-13(6-21-9-23-17)16(25)15-4-12(5-18)10(2)28-15/h4,6,9,11,14,24H,3,5,7-8H2,1-2H3,(H,21,22,23)/t11-,14+/m1/s1. The lowest BCUT2D eigenvalue weighted by atomic mass is 10.0. The molecule has 29 heavy (non-hydrogen) atoms. The second-order valence-electron chi connectivity index (χ2n) is 6.08. The van der Waals surface area contributed by atoms with Gasteiger partial charge >= 0.3 is 0 Å². The van der Waals surface area contributed by atoms with Crippen LogP contribution in [0.1, 0.15) is 39.0 Å². The Hall–Kier alpha value is 0.700. The molecule has 2 aromatic heterocycles. The van der Waals surface area contributed by atoms with Gasteiger partial charge in [-0.15, -0.1) is 22.9 Å². The number of nitrogens with one attached hydrogen (secondary N) is 1. The van der Waals surface area contributed by atoms with E-state index in [4.69, 9.17) is 15.8 Å². The Labute approximate surface area is 211 Å². The summed E-state index contributed by atoms with van der Waals surface area (Å²) in [4.78, 5) is 23.0. The van der Waals surface area contributed by atoms with E-state index in [0.717, 1.165) is 16.9 Å². The number of aryl methyl sites for hydroxylation is 1. The maximum Gasteiger partial charge on any atom is 0.208 e. The molecule has 0 aliphatic heterocycles. The lowest BCUT2D eigenvalue weighted by molar-refractivity contribution is 0.103. The number of aliphatic hydroxyl groups excluding tert-OH is 1. The van der Waals surface area contributed by atoms with Crippen molar-refractivity contribution in [3.8, 4) is 0 Å². The first-order chi connectivity index (χ1) is 13.9. The van der Waals surface area contributed by atoms with Crippen LogP contribution in [0.25, 0.3) is 0 Å². The van der Waals surface area contributed by atoms with Gasteiger partial charge in [0.1, 0.15) is 14.6 Å². The van der Waals surface area contributed by atoms with Crippen LogP contribution in [-0.2, 0) is 10.1 Å². The molecule has 0 radical (unpaired) electrons.